The Hall–Kier alpha value is -1.23. The molecule has 0 amide bonds. The van der Waals surface area contributed by atoms with Crippen molar-refractivity contribution in [1.82, 2.24) is 0 Å². The molecule has 0 fully saturated rings. The van der Waals surface area contributed by atoms with E-state index < -0.39 is 10.0 Å². The van der Waals surface area contributed by atoms with E-state index >= 15 is 0 Å². The van der Waals surface area contributed by atoms with Gasteiger partial charge < -0.3 is 0 Å². The molecule has 4 nitrogen and oxygen atoms in total. The fourth-order valence-corrected chi connectivity index (χ4v) is 1.66. The Morgan fingerprint density at radius 1 is 1.14 bits per heavy atom. The zero-order valence-electron chi connectivity index (χ0n) is 8.23. The fraction of sp³-hybridized carbons (Fsp3) is 0.333. The summed E-state index contributed by atoms with van der Waals surface area (Å²) in [6, 6.07) is 0. The molecule has 0 spiro atoms. The summed E-state index contributed by atoms with van der Waals surface area (Å²) in [5, 5.41) is 0. The third-order valence-electron chi connectivity index (χ3n) is 1.72. The Bertz CT molecular complexity index is 442. The van der Waals surface area contributed by atoms with Crippen LogP contribution in [0.15, 0.2) is 27.7 Å². The van der Waals surface area contributed by atoms with Crippen LogP contribution in [0.4, 0.5) is 0 Å². The average molecular weight is 213 g/mol. The predicted octanol–water partition coefficient (Wildman–Crippen LogP) is 0.862. The molecule has 0 saturated carbocycles. The summed E-state index contributed by atoms with van der Waals surface area (Å²) in [6.45, 7) is 3.27. The molecule has 1 aliphatic carbocycles. The Kier molecular flexibility index (Phi) is 2.71. The molecule has 0 aromatic carbocycles. The van der Waals surface area contributed by atoms with E-state index in [0.717, 1.165) is 6.26 Å². The van der Waals surface area contributed by atoms with E-state index in [1.165, 1.54) is 12.2 Å². The SMILES string of the molecule is CC1=CC(=NS(C)(=O)=O)C=C(C)C1=O. The van der Waals surface area contributed by atoms with Gasteiger partial charge >= 0.3 is 0 Å². The molecule has 0 atom stereocenters. The summed E-state index contributed by atoms with van der Waals surface area (Å²) in [5.74, 6) is -0.0718. The third-order valence-corrected chi connectivity index (χ3v) is 2.26. The molecule has 76 valence electrons. The molecule has 0 N–H and O–H groups in total. The Morgan fingerprint density at radius 3 is 1.93 bits per heavy atom. The van der Waals surface area contributed by atoms with E-state index in [1.807, 2.05) is 0 Å². The number of carbonyl (C=O) groups excluding carboxylic acids is 1. The fourth-order valence-electron chi connectivity index (χ4n) is 1.17. The minimum atomic E-state index is -3.40. The van der Waals surface area contributed by atoms with E-state index in [9.17, 15) is 13.2 Å². The quantitative estimate of drug-likeness (QED) is 0.607. The summed E-state index contributed by atoms with van der Waals surface area (Å²) in [5.41, 5.74) is 1.32. The summed E-state index contributed by atoms with van der Waals surface area (Å²) in [7, 11) is -3.40. The van der Waals surface area contributed by atoms with Gasteiger partial charge in [0.2, 0.25) is 0 Å². The van der Waals surface area contributed by atoms with Crippen molar-refractivity contribution >= 4 is 21.5 Å². The number of rotatable bonds is 1. The molecule has 5 heteroatoms. The van der Waals surface area contributed by atoms with Gasteiger partial charge in [-0.3, -0.25) is 4.79 Å². The number of hydrogen-bond acceptors (Lipinski definition) is 3. The summed E-state index contributed by atoms with van der Waals surface area (Å²) < 4.78 is 25.2. The summed E-state index contributed by atoms with van der Waals surface area (Å²) >= 11 is 0. The Balaban J connectivity index is 3.20. The molecule has 0 saturated heterocycles. The predicted molar refractivity (Wildman–Crippen MR) is 54.8 cm³/mol. The molecular formula is C9H11NO3S. The number of allylic oxidation sites excluding steroid dienone is 4. The number of Topliss-reactive ketones (excluding diaryl/α,β-unsaturated/α-hetero) is 1. The highest BCUT2D eigenvalue weighted by Crippen LogP contribution is 2.12. The maximum Gasteiger partial charge on any atom is 0.250 e. The standard InChI is InChI=1S/C9H11NO3S/c1-6-4-8(10-14(3,12)13)5-7(2)9(6)11/h4-5H,1-3H3. The van der Waals surface area contributed by atoms with Crippen LogP contribution in [0.3, 0.4) is 0 Å². The minimum absolute atomic E-state index is 0.0718. The van der Waals surface area contributed by atoms with Crippen LogP contribution in [-0.2, 0) is 14.8 Å². The number of hydrogen-bond donors (Lipinski definition) is 0. The van der Waals surface area contributed by atoms with Crippen molar-refractivity contribution in [1.29, 1.82) is 0 Å². The zero-order chi connectivity index (χ0) is 10.9. The lowest BCUT2D eigenvalue weighted by Gasteiger charge is -2.07. The average Bonchev–Trinajstić information content (AvgIpc) is 1.96. The molecule has 0 aliphatic heterocycles. The van der Waals surface area contributed by atoms with Gasteiger partial charge in [-0.05, 0) is 37.1 Å². The van der Waals surface area contributed by atoms with Gasteiger partial charge in [0.05, 0.1) is 12.0 Å². The van der Waals surface area contributed by atoms with E-state index in [4.69, 9.17) is 0 Å². The van der Waals surface area contributed by atoms with Crippen LogP contribution in [0.1, 0.15) is 13.8 Å². The van der Waals surface area contributed by atoms with Gasteiger partial charge in [0.25, 0.3) is 10.0 Å². The number of ketones is 1. The first-order valence-corrected chi connectivity index (χ1v) is 5.85. The van der Waals surface area contributed by atoms with Crippen molar-refractivity contribution in [3.8, 4) is 0 Å². The maximum absolute atomic E-state index is 11.3. The first-order valence-electron chi connectivity index (χ1n) is 4.01. The Labute approximate surface area is 83.1 Å². The van der Waals surface area contributed by atoms with Crippen LogP contribution in [0.25, 0.3) is 0 Å². The van der Waals surface area contributed by atoms with E-state index in [0.29, 0.717) is 16.9 Å². The van der Waals surface area contributed by atoms with Crippen molar-refractivity contribution < 1.29 is 13.2 Å². The van der Waals surface area contributed by atoms with E-state index in [-0.39, 0.29) is 5.78 Å². The van der Waals surface area contributed by atoms with Gasteiger partial charge in [0.1, 0.15) is 0 Å². The molecule has 0 heterocycles. The van der Waals surface area contributed by atoms with Gasteiger partial charge in [-0.2, -0.15) is 4.40 Å². The lowest BCUT2D eigenvalue weighted by Crippen LogP contribution is -2.11. The van der Waals surface area contributed by atoms with Crippen LogP contribution < -0.4 is 0 Å². The highest BCUT2D eigenvalue weighted by atomic mass is 32.2. The second kappa shape index (κ2) is 3.49. The van der Waals surface area contributed by atoms with Gasteiger partial charge in [-0.15, -0.1) is 0 Å². The molecule has 0 aromatic rings. The van der Waals surface area contributed by atoms with Crippen molar-refractivity contribution in [3.63, 3.8) is 0 Å². The molecule has 0 radical (unpaired) electrons. The minimum Gasteiger partial charge on any atom is -0.289 e. The van der Waals surface area contributed by atoms with Crippen molar-refractivity contribution in [2.75, 3.05) is 6.26 Å². The second-order valence-corrected chi connectivity index (χ2v) is 4.88. The zero-order valence-corrected chi connectivity index (χ0v) is 9.05. The van der Waals surface area contributed by atoms with Crippen molar-refractivity contribution in [2.45, 2.75) is 13.8 Å². The maximum atomic E-state index is 11.3. The molecule has 1 aliphatic rings. The van der Waals surface area contributed by atoms with Crippen LogP contribution in [0, 0.1) is 0 Å². The lowest BCUT2D eigenvalue weighted by molar-refractivity contribution is -0.112. The van der Waals surface area contributed by atoms with Gasteiger partial charge in [-0.25, -0.2) is 8.42 Å². The molecule has 0 bridgehead atoms. The van der Waals surface area contributed by atoms with Crippen molar-refractivity contribution in [3.05, 3.63) is 23.3 Å². The van der Waals surface area contributed by atoms with Crippen LogP contribution in [-0.4, -0.2) is 26.2 Å². The molecule has 0 unspecified atom stereocenters. The molecule has 1 rings (SSSR count). The molecule has 0 aromatic heterocycles. The summed E-state index contributed by atoms with van der Waals surface area (Å²) in [4.78, 5) is 11.3. The van der Waals surface area contributed by atoms with Crippen LogP contribution in [0.2, 0.25) is 0 Å². The Morgan fingerprint density at radius 2 is 1.57 bits per heavy atom. The van der Waals surface area contributed by atoms with Gasteiger partial charge in [0, 0.05) is 0 Å². The van der Waals surface area contributed by atoms with Crippen LogP contribution in [0.5, 0.6) is 0 Å². The molecule has 14 heavy (non-hydrogen) atoms. The number of carbonyl (C=O) groups is 1. The largest absolute Gasteiger partial charge is 0.289 e. The first kappa shape index (κ1) is 10.8. The van der Waals surface area contributed by atoms with E-state index in [1.54, 1.807) is 13.8 Å². The number of sulfonamides is 1. The normalized spacial score (nSPS) is 17.6. The van der Waals surface area contributed by atoms with Gasteiger partial charge in [0.15, 0.2) is 5.78 Å². The summed E-state index contributed by atoms with van der Waals surface area (Å²) in [6.07, 6.45) is 3.95. The number of nitrogens with zero attached hydrogens (tertiary/aromatic N) is 1. The smallest absolute Gasteiger partial charge is 0.250 e. The topological polar surface area (TPSA) is 63.6 Å². The van der Waals surface area contributed by atoms with E-state index in [2.05, 4.69) is 4.40 Å². The van der Waals surface area contributed by atoms with Crippen molar-refractivity contribution in [2.24, 2.45) is 4.40 Å². The molecular weight excluding hydrogens is 202 g/mol. The lowest BCUT2D eigenvalue weighted by atomic mass is 9.98. The van der Waals surface area contributed by atoms with Gasteiger partial charge in [-0.1, -0.05) is 0 Å². The monoisotopic (exact) mass is 213 g/mol. The second-order valence-electron chi connectivity index (χ2n) is 3.23. The van der Waals surface area contributed by atoms with Crippen LogP contribution >= 0.6 is 0 Å². The first-order chi connectivity index (χ1) is 6.29. The highest BCUT2D eigenvalue weighted by Gasteiger charge is 2.14. The third kappa shape index (κ3) is 2.63. The highest BCUT2D eigenvalue weighted by molar-refractivity contribution is 7.89.